The third-order valence-electron chi connectivity index (χ3n) is 3.81. The second kappa shape index (κ2) is 6.00. The lowest BCUT2D eigenvalue weighted by atomic mass is 10.1. The Hall–Kier alpha value is -1.65. The summed E-state index contributed by atoms with van der Waals surface area (Å²) in [5.74, 6) is -0.217. The number of hydrogen-bond acceptors (Lipinski definition) is 3. The lowest BCUT2D eigenvalue weighted by molar-refractivity contribution is 0.0709. The number of pyridine rings is 1. The highest BCUT2D eigenvalue weighted by Gasteiger charge is 2.24. The second-order valence-electron chi connectivity index (χ2n) is 5.33. The van der Waals surface area contributed by atoms with E-state index in [0.717, 1.165) is 30.2 Å². The van der Waals surface area contributed by atoms with Crippen LogP contribution in [0, 0.1) is 0 Å². The molecule has 110 valence electrons. The van der Waals surface area contributed by atoms with Gasteiger partial charge >= 0.3 is 0 Å². The average molecular weight is 305 g/mol. The summed E-state index contributed by atoms with van der Waals surface area (Å²) in [5, 5.41) is 5.05. The molecule has 1 fully saturated rings. The van der Waals surface area contributed by atoms with E-state index in [9.17, 15) is 4.79 Å². The first kappa shape index (κ1) is 14.3. The number of fused-ring (bicyclic) bond motifs is 1. The molecule has 2 atom stereocenters. The zero-order valence-electron chi connectivity index (χ0n) is 11.8. The van der Waals surface area contributed by atoms with Crippen molar-refractivity contribution >= 4 is 28.3 Å². The minimum atomic E-state index is -0.217. The van der Waals surface area contributed by atoms with Gasteiger partial charge < -0.3 is 10.1 Å². The van der Waals surface area contributed by atoms with Gasteiger partial charge in [0, 0.05) is 12.0 Å². The maximum Gasteiger partial charge on any atom is 0.270 e. The first-order valence-electron chi connectivity index (χ1n) is 7.13. The summed E-state index contributed by atoms with van der Waals surface area (Å²) >= 11 is 6.15. The molecule has 2 aromatic rings. The van der Waals surface area contributed by atoms with Gasteiger partial charge in [-0.15, -0.1) is 0 Å². The second-order valence-corrected chi connectivity index (χ2v) is 5.69. The molecule has 1 aliphatic heterocycles. The van der Waals surface area contributed by atoms with Crippen molar-refractivity contribution in [1.82, 2.24) is 10.3 Å². The Morgan fingerprint density at radius 3 is 3.05 bits per heavy atom. The van der Waals surface area contributed by atoms with Gasteiger partial charge in [-0.1, -0.05) is 35.9 Å². The molecule has 0 radical (unpaired) electrons. The van der Waals surface area contributed by atoms with Crippen molar-refractivity contribution in [2.24, 2.45) is 0 Å². The van der Waals surface area contributed by atoms with E-state index in [0.29, 0.717) is 10.8 Å². The fraction of sp³-hybridized carbons (Fsp3) is 0.375. The van der Waals surface area contributed by atoms with Crippen molar-refractivity contribution in [1.29, 1.82) is 0 Å². The van der Waals surface area contributed by atoms with Gasteiger partial charge in [-0.3, -0.25) is 4.79 Å². The molecule has 0 aliphatic carbocycles. The predicted molar refractivity (Wildman–Crippen MR) is 82.7 cm³/mol. The Kier molecular flexibility index (Phi) is 4.08. The highest BCUT2D eigenvalue weighted by molar-refractivity contribution is 6.34. The van der Waals surface area contributed by atoms with E-state index < -0.39 is 0 Å². The van der Waals surface area contributed by atoms with Crippen molar-refractivity contribution < 1.29 is 9.53 Å². The summed E-state index contributed by atoms with van der Waals surface area (Å²) in [6, 6.07) is 9.35. The number of hydrogen-bond donors (Lipinski definition) is 1. The van der Waals surface area contributed by atoms with E-state index in [1.165, 1.54) is 0 Å². The molecule has 4 nitrogen and oxygen atoms in total. The first-order chi connectivity index (χ1) is 10.1. The zero-order valence-corrected chi connectivity index (χ0v) is 12.6. The van der Waals surface area contributed by atoms with Crippen LogP contribution in [0.25, 0.3) is 10.8 Å². The van der Waals surface area contributed by atoms with Crippen molar-refractivity contribution in [3.05, 3.63) is 41.2 Å². The van der Waals surface area contributed by atoms with Gasteiger partial charge in [0.1, 0.15) is 10.8 Å². The number of carbonyl (C=O) groups is 1. The first-order valence-corrected chi connectivity index (χ1v) is 7.50. The van der Waals surface area contributed by atoms with Gasteiger partial charge in [0.25, 0.3) is 5.91 Å². The number of nitrogens with zero attached hydrogens (tertiary/aromatic N) is 1. The van der Waals surface area contributed by atoms with Crippen LogP contribution >= 0.6 is 11.6 Å². The topological polar surface area (TPSA) is 51.2 Å². The predicted octanol–water partition coefficient (Wildman–Crippen LogP) is 3.19. The highest BCUT2D eigenvalue weighted by Crippen LogP contribution is 2.22. The van der Waals surface area contributed by atoms with Crippen LogP contribution in [0.2, 0.25) is 5.15 Å². The maximum atomic E-state index is 12.3. The Morgan fingerprint density at radius 2 is 2.29 bits per heavy atom. The molecule has 1 N–H and O–H groups in total. The summed E-state index contributed by atoms with van der Waals surface area (Å²) in [5.41, 5.74) is 0.337. The minimum Gasteiger partial charge on any atom is -0.376 e. The Morgan fingerprint density at radius 1 is 1.48 bits per heavy atom. The monoisotopic (exact) mass is 304 g/mol. The molecule has 0 bridgehead atoms. The molecule has 0 spiro atoms. The molecule has 1 aromatic carbocycles. The lowest BCUT2D eigenvalue weighted by Crippen LogP contribution is -2.41. The van der Waals surface area contributed by atoms with Gasteiger partial charge in [0.05, 0.1) is 12.1 Å². The van der Waals surface area contributed by atoms with Crippen LogP contribution in [0.15, 0.2) is 30.3 Å². The molecular formula is C16H17ClN2O2. The summed E-state index contributed by atoms with van der Waals surface area (Å²) in [6.07, 6.45) is 2.11. The molecule has 1 aliphatic rings. The number of carbonyl (C=O) groups excluding carboxylic acids is 1. The van der Waals surface area contributed by atoms with Gasteiger partial charge in [-0.2, -0.15) is 0 Å². The zero-order chi connectivity index (χ0) is 14.8. The van der Waals surface area contributed by atoms with E-state index in [1.807, 2.05) is 31.2 Å². The van der Waals surface area contributed by atoms with Crippen LogP contribution in [0.5, 0.6) is 0 Å². The number of nitrogens with one attached hydrogen (secondary N) is 1. The Balaban J connectivity index is 1.81. The molecular weight excluding hydrogens is 288 g/mol. The fourth-order valence-corrected chi connectivity index (χ4v) is 2.91. The molecule has 2 heterocycles. The van der Waals surface area contributed by atoms with E-state index in [1.54, 1.807) is 6.07 Å². The molecule has 1 amide bonds. The van der Waals surface area contributed by atoms with Crippen molar-refractivity contribution in [2.75, 3.05) is 6.61 Å². The molecule has 3 rings (SSSR count). The molecule has 5 heteroatoms. The summed E-state index contributed by atoms with van der Waals surface area (Å²) < 4.78 is 5.58. The normalized spacial score (nSPS) is 19.6. The maximum absolute atomic E-state index is 12.3. The molecule has 1 saturated heterocycles. The largest absolute Gasteiger partial charge is 0.376 e. The summed E-state index contributed by atoms with van der Waals surface area (Å²) in [4.78, 5) is 16.5. The minimum absolute atomic E-state index is 0.0351. The lowest BCUT2D eigenvalue weighted by Gasteiger charge is -2.19. The standard InChI is InChI=1S/C16H17ClN2O2/c1-10(14-7-4-8-21-14)18-16(20)13-9-11-5-2-3-6-12(11)15(17)19-13/h2-3,5-6,9-10,14H,4,7-8H2,1H3,(H,18,20). The Labute approximate surface area is 128 Å². The van der Waals surface area contributed by atoms with Crippen LogP contribution in [0.3, 0.4) is 0 Å². The van der Waals surface area contributed by atoms with Gasteiger partial charge in [-0.05, 0) is 31.2 Å². The quantitative estimate of drug-likeness (QED) is 0.886. The van der Waals surface area contributed by atoms with Crippen LogP contribution in [-0.2, 0) is 4.74 Å². The summed E-state index contributed by atoms with van der Waals surface area (Å²) in [6.45, 7) is 2.72. The van der Waals surface area contributed by atoms with Gasteiger partial charge in [-0.25, -0.2) is 4.98 Å². The molecule has 1 aromatic heterocycles. The average Bonchev–Trinajstić information content (AvgIpc) is 3.01. The summed E-state index contributed by atoms with van der Waals surface area (Å²) in [7, 11) is 0. The van der Waals surface area contributed by atoms with Crippen LogP contribution < -0.4 is 5.32 Å². The van der Waals surface area contributed by atoms with Crippen molar-refractivity contribution in [2.45, 2.75) is 31.9 Å². The number of aromatic nitrogens is 1. The highest BCUT2D eigenvalue weighted by atomic mass is 35.5. The number of benzene rings is 1. The number of ether oxygens (including phenoxy) is 1. The van der Waals surface area contributed by atoms with Crippen LogP contribution in [0.4, 0.5) is 0 Å². The third kappa shape index (κ3) is 3.01. The number of amides is 1. The molecule has 0 saturated carbocycles. The number of rotatable bonds is 3. The Bertz CT molecular complexity index is 668. The molecule has 21 heavy (non-hydrogen) atoms. The van der Waals surface area contributed by atoms with Crippen LogP contribution in [0.1, 0.15) is 30.3 Å². The van der Waals surface area contributed by atoms with Crippen LogP contribution in [-0.4, -0.2) is 29.6 Å². The van der Waals surface area contributed by atoms with E-state index >= 15 is 0 Å². The van der Waals surface area contributed by atoms with E-state index in [4.69, 9.17) is 16.3 Å². The molecule has 2 unspecified atom stereocenters. The third-order valence-corrected chi connectivity index (χ3v) is 4.10. The smallest absolute Gasteiger partial charge is 0.270 e. The number of halogens is 1. The fourth-order valence-electron chi connectivity index (χ4n) is 2.64. The van der Waals surface area contributed by atoms with Crippen molar-refractivity contribution in [3.63, 3.8) is 0 Å². The van der Waals surface area contributed by atoms with E-state index in [-0.39, 0.29) is 18.1 Å². The van der Waals surface area contributed by atoms with E-state index in [2.05, 4.69) is 10.3 Å². The van der Waals surface area contributed by atoms with Crippen molar-refractivity contribution in [3.8, 4) is 0 Å². The SMILES string of the molecule is CC(NC(=O)c1cc2ccccc2c(Cl)n1)C1CCCO1. The van der Waals surface area contributed by atoms with Gasteiger partial charge in [0.15, 0.2) is 0 Å². The van der Waals surface area contributed by atoms with Gasteiger partial charge in [0.2, 0.25) is 0 Å².